The highest BCUT2D eigenvalue weighted by atomic mass is 32.2. The fourth-order valence-corrected chi connectivity index (χ4v) is 3.41. The Bertz CT molecular complexity index is 681. The molecule has 8 heteroatoms. The lowest BCUT2D eigenvalue weighted by molar-refractivity contribution is 0.474. The lowest BCUT2D eigenvalue weighted by atomic mass is 10.4. The first-order valence-corrected chi connectivity index (χ1v) is 8.57. The minimum absolute atomic E-state index is 0.0198. The highest BCUT2D eigenvalue weighted by Gasteiger charge is 2.22. The van der Waals surface area contributed by atoms with Crippen LogP contribution in [0.5, 0.6) is 0 Å². The number of hydrogen-bond donors (Lipinski definition) is 1. The number of sulfonamides is 2. The Morgan fingerprint density at radius 2 is 1.35 bits per heavy atom. The van der Waals surface area contributed by atoms with Gasteiger partial charge in [0.15, 0.2) is 0 Å². The molecule has 0 bridgehead atoms. The molecule has 0 aromatic heterocycles. The molecule has 1 aromatic rings. The average molecular weight is 316 g/mol. The van der Waals surface area contributed by atoms with Crippen LogP contribution in [0.1, 0.15) is 0 Å². The molecule has 1 rings (SSSR count). The Kier molecular flexibility index (Phi) is 5.23. The summed E-state index contributed by atoms with van der Waals surface area (Å²) in [5.74, 6) is 0. The summed E-state index contributed by atoms with van der Waals surface area (Å²) in [7, 11) is -7.58. The van der Waals surface area contributed by atoms with Crippen molar-refractivity contribution in [3.05, 3.63) is 49.6 Å². The second-order valence-corrected chi connectivity index (χ2v) is 7.42. The fraction of sp³-hybridized carbons (Fsp3) is 0.167. The summed E-state index contributed by atoms with van der Waals surface area (Å²) in [6.45, 7) is 7.26. The van der Waals surface area contributed by atoms with E-state index in [2.05, 4.69) is 13.2 Å². The molecule has 0 saturated carbocycles. The van der Waals surface area contributed by atoms with Gasteiger partial charge in [-0.2, -0.15) is 4.31 Å². The van der Waals surface area contributed by atoms with Crippen molar-refractivity contribution in [3.8, 4) is 0 Å². The summed E-state index contributed by atoms with van der Waals surface area (Å²) in [5.41, 5.74) is 0. The van der Waals surface area contributed by atoms with Crippen molar-refractivity contribution in [1.29, 1.82) is 0 Å². The molecule has 1 aromatic carbocycles. The Morgan fingerprint density at radius 1 is 0.950 bits per heavy atom. The van der Waals surface area contributed by atoms with Crippen LogP contribution in [0.25, 0.3) is 0 Å². The lowest BCUT2D eigenvalue weighted by Crippen LogP contribution is -2.31. The maximum atomic E-state index is 12.3. The predicted molar refractivity (Wildman–Crippen MR) is 77.0 cm³/mol. The Morgan fingerprint density at radius 3 is 1.70 bits per heavy atom. The molecular weight excluding hydrogens is 300 g/mol. The Hall–Kier alpha value is -1.48. The van der Waals surface area contributed by atoms with Crippen molar-refractivity contribution in [2.45, 2.75) is 9.79 Å². The van der Waals surface area contributed by atoms with E-state index in [0.29, 0.717) is 0 Å². The molecule has 0 saturated heterocycles. The van der Waals surface area contributed by atoms with Crippen LogP contribution in [0.15, 0.2) is 59.4 Å². The summed E-state index contributed by atoms with van der Waals surface area (Å²) >= 11 is 0. The van der Waals surface area contributed by atoms with Gasteiger partial charge in [0.1, 0.15) is 0 Å². The third kappa shape index (κ3) is 3.76. The minimum Gasteiger partial charge on any atom is -0.225 e. The number of hydrogen-bond acceptors (Lipinski definition) is 4. The molecule has 0 amide bonds. The molecule has 0 atom stereocenters. The van der Waals surface area contributed by atoms with Gasteiger partial charge in [0.25, 0.3) is 0 Å². The van der Waals surface area contributed by atoms with Gasteiger partial charge in [-0.25, -0.2) is 22.0 Å². The lowest BCUT2D eigenvalue weighted by Gasteiger charge is -2.19. The van der Waals surface area contributed by atoms with Gasteiger partial charge in [0, 0.05) is 13.1 Å². The summed E-state index contributed by atoms with van der Waals surface area (Å²) in [6, 6.07) is 4.72. The van der Waals surface area contributed by atoms with E-state index in [-0.39, 0.29) is 22.9 Å². The number of benzene rings is 1. The maximum absolute atomic E-state index is 12.3. The molecule has 2 N–H and O–H groups in total. The predicted octanol–water partition coefficient (Wildman–Crippen LogP) is 0.697. The van der Waals surface area contributed by atoms with Crippen molar-refractivity contribution in [3.63, 3.8) is 0 Å². The summed E-state index contributed by atoms with van der Waals surface area (Å²) < 4.78 is 48.1. The number of primary sulfonamides is 1. The normalized spacial score (nSPS) is 12.3. The van der Waals surface area contributed by atoms with E-state index < -0.39 is 20.0 Å². The van der Waals surface area contributed by atoms with Crippen LogP contribution in [0.3, 0.4) is 0 Å². The topological polar surface area (TPSA) is 97.5 Å². The molecule has 20 heavy (non-hydrogen) atoms. The molecule has 0 unspecified atom stereocenters. The smallest absolute Gasteiger partial charge is 0.225 e. The number of nitrogens with zero attached hydrogens (tertiary/aromatic N) is 1. The van der Waals surface area contributed by atoms with Crippen LogP contribution in [0.2, 0.25) is 0 Å². The number of nitrogens with two attached hydrogens (primary N) is 1. The zero-order valence-electron chi connectivity index (χ0n) is 10.8. The third-order valence-corrected chi connectivity index (χ3v) is 5.23. The van der Waals surface area contributed by atoms with Crippen LogP contribution in [0.4, 0.5) is 0 Å². The zero-order chi connectivity index (χ0) is 15.4. The van der Waals surface area contributed by atoms with Crippen LogP contribution in [-0.4, -0.2) is 34.2 Å². The van der Waals surface area contributed by atoms with Gasteiger partial charge in [0.2, 0.25) is 20.0 Å². The van der Waals surface area contributed by atoms with Crippen molar-refractivity contribution in [1.82, 2.24) is 4.31 Å². The third-order valence-electron chi connectivity index (χ3n) is 2.46. The summed E-state index contributed by atoms with van der Waals surface area (Å²) in [6.07, 6.45) is 2.92. The Balaban J connectivity index is 3.21. The molecule has 0 aliphatic rings. The largest absolute Gasteiger partial charge is 0.243 e. The molecule has 110 valence electrons. The molecular formula is C12H16N2O4S2. The van der Waals surface area contributed by atoms with E-state index in [1.165, 1.54) is 28.6 Å². The van der Waals surface area contributed by atoms with Gasteiger partial charge >= 0.3 is 0 Å². The second-order valence-electron chi connectivity index (χ2n) is 3.92. The SMILES string of the molecule is C=CCN(CC=C)S(=O)(=O)c1ccc(S(N)(=O)=O)cc1. The second kappa shape index (κ2) is 6.31. The van der Waals surface area contributed by atoms with Crippen LogP contribution in [-0.2, 0) is 20.0 Å². The van der Waals surface area contributed by atoms with E-state index in [0.717, 1.165) is 12.1 Å². The first kappa shape index (κ1) is 16.6. The van der Waals surface area contributed by atoms with Crippen molar-refractivity contribution in [2.75, 3.05) is 13.1 Å². The van der Waals surface area contributed by atoms with Crippen LogP contribution < -0.4 is 5.14 Å². The minimum atomic E-state index is -3.85. The van der Waals surface area contributed by atoms with Gasteiger partial charge in [-0.1, -0.05) is 12.2 Å². The quantitative estimate of drug-likeness (QED) is 0.749. The Labute approximate surface area is 119 Å². The van der Waals surface area contributed by atoms with Gasteiger partial charge < -0.3 is 0 Å². The molecule has 6 nitrogen and oxygen atoms in total. The first-order chi connectivity index (χ1) is 9.23. The van der Waals surface area contributed by atoms with Crippen molar-refractivity contribution >= 4 is 20.0 Å². The van der Waals surface area contributed by atoms with E-state index >= 15 is 0 Å². The molecule has 0 heterocycles. The van der Waals surface area contributed by atoms with Gasteiger partial charge in [-0.05, 0) is 24.3 Å². The maximum Gasteiger partial charge on any atom is 0.243 e. The van der Waals surface area contributed by atoms with Crippen molar-refractivity contribution < 1.29 is 16.8 Å². The van der Waals surface area contributed by atoms with Crippen molar-refractivity contribution in [2.24, 2.45) is 5.14 Å². The molecule has 0 aliphatic carbocycles. The van der Waals surface area contributed by atoms with Gasteiger partial charge in [0.05, 0.1) is 9.79 Å². The zero-order valence-corrected chi connectivity index (χ0v) is 12.4. The molecule has 0 spiro atoms. The fourth-order valence-electron chi connectivity index (χ4n) is 1.51. The van der Waals surface area contributed by atoms with E-state index in [4.69, 9.17) is 5.14 Å². The highest BCUT2D eigenvalue weighted by molar-refractivity contribution is 7.89. The first-order valence-electron chi connectivity index (χ1n) is 5.58. The average Bonchev–Trinajstić information content (AvgIpc) is 2.37. The molecule has 0 aliphatic heterocycles. The summed E-state index contributed by atoms with van der Waals surface area (Å²) in [4.78, 5) is -0.163. The monoisotopic (exact) mass is 316 g/mol. The van der Waals surface area contributed by atoms with Gasteiger partial charge in [-0.3, -0.25) is 0 Å². The standard InChI is InChI=1S/C12H16N2O4S2/c1-3-9-14(10-4-2)20(17,18)12-7-5-11(6-8-12)19(13,15)16/h3-8H,1-2,9-10H2,(H2,13,15,16). The highest BCUT2D eigenvalue weighted by Crippen LogP contribution is 2.18. The van der Waals surface area contributed by atoms with Crippen LogP contribution in [0, 0.1) is 0 Å². The van der Waals surface area contributed by atoms with Crippen LogP contribution >= 0.6 is 0 Å². The molecule has 0 fully saturated rings. The summed E-state index contributed by atoms with van der Waals surface area (Å²) in [5, 5.41) is 4.96. The number of rotatable bonds is 7. The van der Waals surface area contributed by atoms with E-state index in [9.17, 15) is 16.8 Å². The van der Waals surface area contributed by atoms with Gasteiger partial charge in [-0.15, -0.1) is 13.2 Å². The molecule has 0 radical (unpaired) electrons. The van der Waals surface area contributed by atoms with E-state index in [1.54, 1.807) is 0 Å². The van der Waals surface area contributed by atoms with E-state index in [1.807, 2.05) is 0 Å².